The van der Waals surface area contributed by atoms with Gasteiger partial charge in [0.15, 0.2) is 0 Å². The number of hydrogen-bond donors (Lipinski definition) is 1. The van der Waals surface area contributed by atoms with E-state index in [0.717, 1.165) is 11.0 Å². The Morgan fingerprint density at radius 3 is 2.63 bits per heavy atom. The molecule has 0 amide bonds. The van der Waals surface area contributed by atoms with Gasteiger partial charge in [-0.3, -0.25) is 4.57 Å². The van der Waals surface area contributed by atoms with Gasteiger partial charge < -0.3 is 4.98 Å². The second-order valence-corrected chi connectivity index (χ2v) is 4.44. The van der Waals surface area contributed by atoms with E-state index in [1.54, 1.807) is 22.8 Å². The fourth-order valence-electron chi connectivity index (χ4n) is 2.26. The van der Waals surface area contributed by atoms with E-state index in [1.165, 1.54) is 6.07 Å². The molecule has 0 saturated heterocycles. The largest absolute Gasteiger partial charge is 0.326 e. The number of H-pyrrole nitrogens is 1. The number of nitrogens with zero attached hydrogens (tertiary/aromatic N) is 1. The van der Waals surface area contributed by atoms with Crippen molar-refractivity contribution in [1.82, 2.24) is 9.55 Å². The molecule has 0 fully saturated rings. The third kappa shape index (κ3) is 2.17. The highest BCUT2D eigenvalue weighted by atomic mass is 19.1. The lowest BCUT2D eigenvalue weighted by atomic mass is 10.1. The maximum absolute atomic E-state index is 13.5. The fourth-order valence-corrected chi connectivity index (χ4v) is 2.26. The van der Waals surface area contributed by atoms with Crippen LogP contribution in [0.1, 0.15) is 5.56 Å². The van der Waals surface area contributed by atoms with Crippen molar-refractivity contribution in [3.05, 3.63) is 70.4 Å². The van der Waals surface area contributed by atoms with Crippen molar-refractivity contribution in [2.75, 3.05) is 0 Å². The molecule has 0 spiro atoms. The number of aryl methyl sites for hydroxylation is 2. The highest BCUT2D eigenvalue weighted by Gasteiger charge is 2.07. The number of rotatable bonds is 3. The number of nitrogens with one attached hydrogen (secondary N) is 1. The second-order valence-electron chi connectivity index (χ2n) is 4.44. The molecular weight excluding hydrogens is 243 g/mol. The minimum absolute atomic E-state index is 0.155. The van der Waals surface area contributed by atoms with Crippen molar-refractivity contribution in [2.24, 2.45) is 0 Å². The predicted octanol–water partition coefficient (Wildman–Crippen LogP) is 2.71. The van der Waals surface area contributed by atoms with E-state index in [9.17, 15) is 9.18 Å². The van der Waals surface area contributed by atoms with Gasteiger partial charge in [0.1, 0.15) is 5.82 Å². The molecule has 0 aliphatic heterocycles. The molecular formula is C15H13FN2O. The van der Waals surface area contributed by atoms with Gasteiger partial charge in [0.25, 0.3) is 0 Å². The molecule has 0 atom stereocenters. The molecule has 0 unspecified atom stereocenters. The Labute approximate surface area is 109 Å². The molecule has 19 heavy (non-hydrogen) atoms. The van der Waals surface area contributed by atoms with Gasteiger partial charge in [-0.2, -0.15) is 0 Å². The summed E-state index contributed by atoms with van der Waals surface area (Å²) in [5.74, 6) is -0.226. The Bertz CT molecular complexity index is 773. The zero-order valence-electron chi connectivity index (χ0n) is 10.3. The lowest BCUT2D eigenvalue weighted by Crippen LogP contribution is -2.18. The van der Waals surface area contributed by atoms with Crippen LogP contribution in [0.4, 0.5) is 4.39 Å². The Morgan fingerprint density at radius 1 is 1.05 bits per heavy atom. The van der Waals surface area contributed by atoms with E-state index < -0.39 is 0 Å². The van der Waals surface area contributed by atoms with Crippen LogP contribution in [0, 0.1) is 5.82 Å². The average Bonchev–Trinajstić information content (AvgIpc) is 2.74. The van der Waals surface area contributed by atoms with Crippen LogP contribution < -0.4 is 5.69 Å². The van der Waals surface area contributed by atoms with Crippen LogP contribution in [0.15, 0.2) is 53.3 Å². The summed E-state index contributed by atoms with van der Waals surface area (Å²) in [5, 5.41) is 0. The number of para-hydroxylation sites is 2. The van der Waals surface area contributed by atoms with Crippen molar-refractivity contribution in [1.29, 1.82) is 0 Å². The Balaban J connectivity index is 1.92. The SMILES string of the molecule is O=c1[nH]c2ccccc2n1CCc1ccccc1F. The first-order chi connectivity index (χ1) is 9.25. The summed E-state index contributed by atoms with van der Waals surface area (Å²) in [7, 11) is 0. The van der Waals surface area contributed by atoms with Gasteiger partial charge in [0.2, 0.25) is 0 Å². The van der Waals surface area contributed by atoms with Gasteiger partial charge >= 0.3 is 5.69 Å². The van der Waals surface area contributed by atoms with Gasteiger partial charge in [0, 0.05) is 6.54 Å². The summed E-state index contributed by atoms with van der Waals surface area (Å²) in [6.07, 6.45) is 0.494. The molecule has 0 saturated carbocycles. The van der Waals surface area contributed by atoms with E-state index >= 15 is 0 Å². The molecule has 0 bridgehead atoms. The summed E-state index contributed by atoms with van der Waals surface area (Å²) in [6, 6.07) is 14.1. The zero-order valence-corrected chi connectivity index (χ0v) is 10.3. The maximum atomic E-state index is 13.5. The molecule has 2 aromatic carbocycles. The van der Waals surface area contributed by atoms with Crippen LogP contribution in [0.2, 0.25) is 0 Å². The fraction of sp³-hybridized carbons (Fsp3) is 0.133. The molecule has 3 aromatic rings. The van der Waals surface area contributed by atoms with Crippen LogP contribution >= 0.6 is 0 Å². The van der Waals surface area contributed by atoms with Gasteiger partial charge in [-0.15, -0.1) is 0 Å². The Morgan fingerprint density at radius 2 is 1.79 bits per heavy atom. The standard InChI is InChI=1S/C15H13FN2O/c16-12-6-2-1-5-11(12)9-10-18-14-8-4-3-7-13(14)17-15(18)19/h1-8H,9-10H2,(H,17,19). The molecule has 0 radical (unpaired) electrons. The first kappa shape index (κ1) is 11.7. The topological polar surface area (TPSA) is 37.8 Å². The summed E-state index contributed by atoms with van der Waals surface area (Å²) in [6.45, 7) is 0.462. The van der Waals surface area contributed by atoms with Gasteiger partial charge in [-0.1, -0.05) is 30.3 Å². The second kappa shape index (κ2) is 4.72. The molecule has 1 heterocycles. The van der Waals surface area contributed by atoms with E-state index in [-0.39, 0.29) is 11.5 Å². The lowest BCUT2D eigenvalue weighted by molar-refractivity contribution is 0.593. The van der Waals surface area contributed by atoms with E-state index in [1.807, 2.05) is 24.3 Å². The van der Waals surface area contributed by atoms with Gasteiger partial charge in [-0.05, 0) is 30.2 Å². The third-order valence-corrected chi connectivity index (χ3v) is 3.24. The molecule has 96 valence electrons. The summed E-state index contributed by atoms with van der Waals surface area (Å²) >= 11 is 0. The molecule has 1 aromatic heterocycles. The molecule has 3 rings (SSSR count). The quantitative estimate of drug-likeness (QED) is 0.768. The number of hydrogen-bond acceptors (Lipinski definition) is 1. The predicted molar refractivity (Wildman–Crippen MR) is 72.7 cm³/mol. The smallest absolute Gasteiger partial charge is 0.306 e. The van der Waals surface area contributed by atoms with Crippen LogP contribution in [-0.2, 0) is 13.0 Å². The zero-order chi connectivity index (χ0) is 13.2. The summed E-state index contributed by atoms with van der Waals surface area (Å²) in [5.41, 5.74) is 2.13. The van der Waals surface area contributed by atoms with Gasteiger partial charge in [0.05, 0.1) is 11.0 Å². The Kier molecular flexibility index (Phi) is 2.91. The maximum Gasteiger partial charge on any atom is 0.326 e. The molecule has 1 N–H and O–H groups in total. The van der Waals surface area contributed by atoms with Gasteiger partial charge in [-0.25, -0.2) is 9.18 Å². The monoisotopic (exact) mass is 256 g/mol. The van der Waals surface area contributed by atoms with E-state index in [2.05, 4.69) is 4.98 Å². The summed E-state index contributed by atoms with van der Waals surface area (Å²) < 4.78 is 15.2. The highest BCUT2D eigenvalue weighted by molar-refractivity contribution is 5.74. The van der Waals surface area contributed by atoms with Crippen molar-refractivity contribution < 1.29 is 4.39 Å². The first-order valence-corrected chi connectivity index (χ1v) is 6.16. The van der Waals surface area contributed by atoms with Crippen molar-refractivity contribution in [3.8, 4) is 0 Å². The molecule has 0 aliphatic rings. The summed E-state index contributed by atoms with van der Waals surface area (Å²) in [4.78, 5) is 14.7. The third-order valence-electron chi connectivity index (χ3n) is 3.24. The number of aromatic amines is 1. The molecule has 3 nitrogen and oxygen atoms in total. The highest BCUT2D eigenvalue weighted by Crippen LogP contribution is 2.12. The average molecular weight is 256 g/mol. The number of imidazole rings is 1. The van der Waals surface area contributed by atoms with E-state index in [0.29, 0.717) is 18.5 Å². The number of benzene rings is 2. The van der Waals surface area contributed by atoms with Crippen LogP contribution in [0.3, 0.4) is 0 Å². The normalized spacial score (nSPS) is 11.0. The van der Waals surface area contributed by atoms with Crippen LogP contribution in [-0.4, -0.2) is 9.55 Å². The van der Waals surface area contributed by atoms with Crippen molar-refractivity contribution in [3.63, 3.8) is 0 Å². The van der Waals surface area contributed by atoms with Crippen LogP contribution in [0.25, 0.3) is 11.0 Å². The van der Waals surface area contributed by atoms with Crippen molar-refractivity contribution >= 4 is 11.0 Å². The number of fused-ring (bicyclic) bond motifs is 1. The number of halogens is 1. The Hall–Kier alpha value is -2.36. The van der Waals surface area contributed by atoms with Crippen molar-refractivity contribution in [2.45, 2.75) is 13.0 Å². The molecule has 0 aliphatic carbocycles. The number of aromatic nitrogens is 2. The minimum atomic E-state index is -0.226. The first-order valence-electron chi connectivity index (χ1n) is 6.16. The van der Waals surface area contributed by atoms with E-state index in [4.69, 9.17) is 0 Å². The lowest BCUT2D eigenvalue weighted by Gasteiger charge is -2.04. The van der Waals surface area contributed by atoms with Crippen LogP contribution in [0.5, 0.6) is 0 Å². The molecule has 4 heteroatoms. The minimum Gasteiger partial charge on any atom is -0.306 e.